The zero-order valence-corrected chi connectivity index (χ0v) is 8.31. The summed E-state index contributed by atoms with van der Waals surface area (Å²) in [5, 5.41) is 10.1. The molecule has 0 aromatic rings. The quantitative estimate of drug-likeness (QED) is 0.689. The number of carbonyl (C=O) groups is 3. The van der Waals surface area contributed by atoms with Crippen LogP contribution in [0.5, 0.6) is 0 Å². The molecule has 0 unspecified atom stereocenters. The second-order valence-electron chi connectivity index (χ2n) is 2.85. The Labute approximate surface area is 84.6 Å². The molecule has 14 heavy (non-hydrogen) atoms. The maximum Gasteiger partial charge on any atom is 0.303 e. The van der Waals surface area contributed by atoms with Crippen molar-refractivity contribution in [1.29, 1.82) is 0 Å². The van der Waals surface area contributed by atoms with Crippen LogP contribution >= 0.6 is 11.8 Å². The van der Waals surface area contributed by atoms with E-state index in [-0.39, 0.29) is 6.42 Å². The molecule has 0 bridgehead atoms. The summed E-state index contributed by atoms with van der Waals surface area (Å²) in [5.41, 5.74) is 0.640. The molecule has 2 N–H and O–H groups in total. The fourth-order valence-electron chi connectivity index (χ4n) is 1.00. The summed E-state index contributed by atoms with van der Waals surface area (Å²) in [6.45, 7) is 1.66. The van der Waals surface area contributed by atoms with Crippen molar-refractivity contribution in [3.63, 3.8) is 0 Å². The molecule has 0 spiro atoms. The molecule has 1 rings (SSSR count). The van der Waals surface area contributed by atoms with E-state index in [1.165, 1.54) is 0 Å². The van der Waals surface area contributed by atoms with E-state index in [9.17, 15) is 14.4 Å². The number of aliphatic carboxylic acids is 1. The number of amides is 2. The molecule has 6 heteroatoms. The summed E-state index contributed by atoms with van der Waals surface area (Å²) >= 11 is 0.821. The first-order valence-electron chi connectivity index (χ1n) is 3.95. The van der Waals surface area contributed by atoms with Gasteiger partial charge in [0, 0.05) is 6.42 Å². The van der Waals surface area contributed by atoms with E-state index < -0.39 is 17.1 Å². The van der Waals surface area contributed by atoms with Gasteiger partial charge in [-0.3, -0.25) is 19.7 Å². The molecule has 0 aromatic heterocycles. The number of nitrogens with one attached hydrogen (secondary N) is 1. The highest BCUT2D eigenvalue weighted by atomic mass is 32.2. The summed E-state index contributed by atoms with van der Waals surface area (Å²) < 4.78 is 0. The van der Waals surface area contributed by atoms with Crippen molar-refractivity contribution in [1.82, 2.24) is 5.32 Å². The molecule has 1 heterocycles. The molecule has 0 aliphatic carbocycles. The van der Waals surface area contributed by atoms with Gasteiger partial charge >= 0.3 is 5.97 Å². The van der Waals surface area contributed by atoms with Crippen LogP contribution in [-0.2, 0) is 9.59 Å². The lowest BCUT2D eigenvalue weighted by Gasteiger charge is -1.99. The first-order valence-corrected chi connectivity index (χ1v) is 4.77. The molecule has 0 radical (unpaired) electrons. The number of rotatable bonds is 3. The fourth-order valence-corrected chi connectivity index (χ4v) is 1.75. The Balaban J connectivity index is 2.68. The highest BCUT2D eigenvalue weighted by Gasteiger charge is 2.26. The van der Waals surface area contributed by atoms with Crippen LogP contribution in [0, 0.1) is 0 Å². The average molecular weight is 215 g/mol. The van der Waals surface area contributed by atoms with Crippen molar-refractivity contribution in [3.8, 4) is 0 Å². The van der Waals surface area contributed by atoms with Crippen molar-refractivity contribution < 1.29 is 19.5 Å². The minimum Gasteiger partial charge on any atom is -0.481 e. The third-order valence-corrected chi connectivity index (χ3v) is 2.74. The number of allylic oxidation sites excluding steroid dienone is 1. The Morgan fingerprint density at radius 2 is 2.07 bits per heavy atom. The van der Waals surface area contributed by atoms with E-state index >= 15 is 0 Å². The largest absolute Gasteiger partial charge is 0.481 e. The number of carboxylic acids is 1. The van der Waals surface area contributed by atoms with E-state index in [4.69, 9.17) is 5.11 Å². The van der Waals surface area contributed by atoms with Gasteiger partial charge in [-0.1, -0.05) is 5.57 Å². The topological polar surface area (TPSA) is 83.5 Å². The number of imide groups is 1. The summed E-state index contributed by atoms with van der Waals surface area (Å²) in [7, 11) is 0. The van der Waals surface area contributed by atoms with Crippen LogP contribution in [0.1, 0.15) is 19.8 Å². The van der Waals surface area contributed by atoms with Gasteiger partial charge < -0.3 is 5.11 Å². The van der Waals surface area contributed by atoms with E-state index in [1.807, 2.05) is 0 Å². The van der Waals surface area contributed by atoms with Crippen LogP contribution in [0.15, 0.2) is 10.5 Å². The SMILES string of the molecule is C/C(CCC(=O)O)=C1/SC(=O)NC1=O. The summed E-state index contributed by atoms with van der Waals surface area (Å²) in [6.07, 6.45) is 0.260. The normalized spacial score (nSPS) is 19.5. The Morgan fingerprint density at radius 3 is 2.50 bits per heavy atom. The molecule has 1 aliphatic heterocycles. The standard InChI is InChI=1S/C8H9NO4S/c1-4(2-3-5(10)11)6-7(12)9-8(13)14-6/h2-3H2,1H3,(H,10,11)(H,9,12,13)/b6-4-. The molecule has 1 saturated heterocycles. The van der Waals surface area contributed by atoms with Gasteiger partial charge in [-0.05, 0) is 25.1 Å². The third-order valence-electron chi connectivity index (χ3n) is 1.72. The van der Waals surface area contributed by atoms with Crippen molar-refractivity contribution in [2.75, 3.05) is 0 Å². The number of hydrogen-bond donors (Lipinski definition) is 2. The second-order valence-corrected chi connectivity index (χ2v) is 3.83. The molecule has 0 saturated carbocycles. The minimum absolute atomic E-state index is 0.0304. The lowest BCUT2D eigenvalue weighted by molar-refractivity contribution is -0.137. The van der Waals surface area contributed by atoms with E-state index in [0.717, 1.165) is 11.8 Å². The van der Waals surface area contributed by atoms with E-state index in [0.29, 0.717) is 16.9 Å². The first-order chi connectivity index (χ1) is 6.50. The molecule has 1 fully saturated rings. The van der Waals surface area contributed by atoms with Gasteiger partial charge in [0.2, 0.25) is 0 Å². The van der Waals surface area contributed by atoms with Crippen LogP contribution in [-0.4, -0.2) is 22.2 Å². The molecule has 1 aliphatic rings. The minimum atomic E-state index is -0.917. The van der Waals surface area contributed by atoms with Gasteiger partial charge in [0.1, 0.15) is 0 Å². The van der Waals surface area contributed by atoms with Crippen LogP contribution in [0.2, 0.25) is 0 Å². The van der Waals surface area contributed by atoms with Gasteiger partial charge in [-0.2, -0.15) is 0 Å². The Hall–Kier alpha value is -1.30. The predicted molar refractivity (Wildman–Crippen MR) is 50.7 cm³/mol. The molecule has 76 valence electrons. The van der Waals surface area contributed by atoms with Gasteiger partial charge in [0.05, 0.1) is 4.91 Å². The lowest BCUT2D eigenvalue weighted by Crippen LogP contribution is -2.18. The number of thioether (sulfide) groups is 1. The summed E-state index contributed by atoms with van der Waals surface area (Å²) in [6, 6.07) is 0. The second kappa shape index (κ2) is 4.28. The van der Waals surface area contributed by atoms with Crippen LogP contribution < -0.4 is 5.32 Å². The van der Waals surface area contributed by atoms with Gasteiger partial charge in [0.25, 0.3) is 11.1 Å². The summed E-state index contributed by atoms with van der Waals surface area (Å²) in [4.78, 5) is 32.5. The first kappa shape index (κ1) is 10.8. The smallest absolute Gasteiger partial charge is 0.303 e. The fraction of sp³-hybridized carbons (Fsp3) is 0.375. The highest BCUT2D eigenvalue weighted by Crippen LogP contribution is 2.28. The zero-order valence-electron chi connectivity index (χ0n) is 7.49. The van der Waals surface area contributed by atoms with Crippen molar-refractivity contribution in [2.45, 2.75) is 19.8 Å². The number of hydrogen-bond acceptors (Lipinski definition) is 4. The van der Waals surface area contributed by atoms with E-state index in [2.05, 4.69) is 5.32 Å². The molecular weight excluding hydrogens is 206 g/mol. The van der Waals surface area contributed by atoms with Crippen LogP contribution in [0.3, 0.4) is 0 Å². The van der Waals surface area contributed by atoms with Crippen LogP contribution in [0.4, 0.5) is 4.79 Å². The van der Waals surface area contributed by atoms with Gasteiger partial charge in [-0.25, -0.2) is 0 Å². The highest BCUT2D eigenvalue weighted by molar-refractivity contribution is 8.18. The van der Waals surface area contributed by atoms with Gasteiger partial charge in [-0.15, -0.1) is 0 Å². The molecular formula is C8H9NO4S. The Kier molecular flexibility index (Phi) is 3.29. The molecule has 2 amide bonds. The Morgan fingerprint density at radius 1 is 1.43 bits per heavy atom. The maximum atomic E-state index is 11.1. The summed E-state index contributed by atoms with van der Waals surface area (Å²) in [5.74, 6) is -1.34. The molecule has 5 nitrogen and oxygen atoms in total. The van der Waals surface area contributed by atoms with Gasteiger partial charge in [0.15, 0.2) is 0 Å². The zero-order chi connectivity index (χ0) is 10.7. The number of carboxylic acid groups (broad SMARTS) is 1. The molecule has 0 atom stereocenters. The van der Waals surface area contributed by atoms with Crippen molar-refractivity contribution >= 4 is 28.9 Å². The molecule has 0 aromatic carbocycles. The Bertz CT molecular complexity index is 334. The number of carbonyl (C=O) groups excluding carboxylic acids is 2. The monoisotopic (exact) mass is 215 g/mol. The van der Waals surface area contributed by atoms with Crippen molar-refractivity contribution in [2.24, 2.45) is 0 Å². The van der Waals surface area contributed by atoms with E-state index in [1.54, 1.807) is 6.92 Å². The third kappa shape index (κ3) is 2.59. The average Bonchev–Trinajstić information content (AvgIpc) is 2.41. The predicted octanol–water partition coefficient (Wildman–Crippen LogP) is 1.11. The van der Waals surface area contributed by atoms with Crippen molar-refractivity contribution in [3.05, 3.63) is 10.5 Å². The van der Waals surface area contributed by atoms with Crippen LogP contribution in [0.25, 0.3) is 0 Å². The lowest BCUT2D eigenvalue weighted by atomic mass is 10.1. The maximum absolute atomic E-state index is 11.1.